The second-order valence-electron chi connectivity index (χ2n) is 4.39. The molecule has 0 aliphatic heterocycles. The van der Waals surface area contributed by atoms with E-state index >= 15 is 0 Å². The van der Waals surface area contributed by atoms with Crippen LogP contribution in [0.1, 0.15) is 28.5 Å². The van der Waals surface area contributed by atoms with Gasteiger partial charge in [0.1, 0.15) is 0 Å². The van der Waals surface area contributed by atoms with Crippen LogP contribution in [0.25, 0.3) is 0 Å². The smallest absolute Gasteiger partial charge is 0.339 e. The minimum absolute atomic E-state index is 0.367. The zero-order chi connectivity index (χ0) is 14.4. The van der Waals surface area contributed by atoms with Crippen LogP contribution in [0.3, 0.4) is 0 Å². The zero-order valence-corrected chi connectivity index (χ0v) is 11.7. The van der Waals surface area contributed by atoms with Crippen LogP contribution in [0, 0.1) is 0 Å². The molecule has 20 heavy (non-hydrogen) atoms. The molecule has 0 aliphatic rings. The van der Waals surface area contributed by atoms with Crippen LogP contribution in [-0.2, 0) is 17.7 Å². The average molecular weight is 270 g/mol. The standard InChI is InChI=1S/C16H18N2O2/c1-3-12-6-4-5-7-15(12)18-11-14-9-8-13(10-17-14)16(19)20-2/h4-10,18H,3,11H2,1-2H3. The van der Waals surface area contributed by atoms with Gasteiger partial charge in [-0.3, -0.25) is 4.98 Å². The monoisotopic (exact) mass is 270 g/mol. The molecule has 1 aromatic heterocycles. The van der Waals surface area contributed by atoms with Gasteiger partial charge in [-0.1, -0.05) is 25.1 Å². The molecule has 0 saturated heterocycles. The molecular formula is C16H18N2O2. The van der Waals surface area contributed by atoms with E-state index < -0.39 is 0 Å². The van der Waals surface area contributed by atoms with Crippen molar-refractivity contribution in [3.8, 4) is 0 Å². The molecule has 0 bridgehead atoms. The minimum Gasteiger partial charge on any atom is -0.465 e. The Balaban J connectivity index is 2.02. The molecule has 1 N–H and O–H groups in total. The van der Waals surface area contributed by atoms with Crippen LogP contribution in [0.15, 0.2) is 42.6 Å². The number of para-hydroxylation sites is 1. The van der Waals surface area contributed by atoms with Crippen molar-refractivity contribution in [1.82, 2.24) is 4.98 Å². The van der Waals surface area contributed by atoms with Crippen molar-refractivity contribution in [2.45, 2.75) is 19.9 Å². The molecule has 0 aliphatic carbocycles. The summed E-state index contributed by atoms with van der Waals surface area (Å²) >= 11 is 0. The van der Waals surface area contributed by atoms with Crippen molar-refractivity contribution >= 4 is 11.7 Å². The van der Waals surface area contributed by atoms with E-state index in [-0.39, 0.29) is 5.97 Å². The Morgan fingerprint density at radius 2 is 2.05 bits per heavy atom. The molecule has 0 amide bonds. The number of hydrogen-bond acceptors (Lipinski definition) is 4. The van der Waals surface area contributed by atoms with Gasteiger partial charge in [-0.25, -0.2) is 4.79 Å². The van der Waals surface area contributed by atoms with Gasteiger partial charge in [0, 0.05) is 11.9 Å². The molecule has 0 spiro atoms. The number of aryl methyl sites for hydroxylation is 1. The predicted octanol–water partition coefficient (Wildman–Crippen LogP) is 3.04. The van der Waals surface area contributed by atoms with Gasteiger partial charge in [0.15, 0.2) is 0 Å². The first-order valence-corrected chi connectivity index (χ1v) is 6.59. The number of carbonyl (C=O) groups is 1. The van der Waals surface area contributed by atoms with Gasteiger partial charge in [-0.15, -0.1) is 0 Å². The Labute approximate surface area is 118 Å². The Morgan fingerprint density at radius 1 is 1.25 bits per heavy atom. The first-order valence-electron chi connectivity index (χ1n) is 6.59. The topological polar surface area (TPSA) is 51.2 Å². The summed E-state index contributed by atoms with van der Waals surface area (Å²) in [7, 11) is 1.36. The average Bonchev–Trinajstić information content (AvgIpc) is 2.53. The summed E-state index contributed by atoms with van der Waals surface area (Å²) < 4.78 is 4.64. The van der Waals surface area contributed by atoms with E-state index in [0.717, 1.165) is 17.8 Å². The molecule has 1 aromatic carbocycles. The van der Waals surface area contributed by atoms with Gasteiger partial charge >= 0.3 is 5.97 Å². The Bertz CT molecular complexity index is 579. The number of esters is 1. The summed E-state index contributed by atoms with van der Waals surface area (Å²) in [6.45, 7) is 2.75. The maximum absolute atomic E-state index is 11.3. The number of methoxy groups -OCH3 is 1. The van der Waals surface area contributed by atoms with Gasteiger partial charge in [0.05, 0.1) is 24.9 Å². The summed E-state index contributed by atoms with van der Waals surface area (Å²) in [6, 6.07) is 11.8. The highest BCUT2D eigenvalue weighted by Gasteiger charge is 2.05. The first-order chi connectivity index (χ1) is 9.74. The molecule has 4 heteroatoms. The highest BCUT2D eigenvalue weighted by Crippen LogP contribution is 2.16. The summed E-state index contributed by atoms with van der Waals surface area (Å²) in [5.74, 6) is -0.367. The number of hydrogen-bond donors (Lipinski definition) is 1. The van der Waals surface area contributed by atoms with Crippen LogP contribution < -0.4 is 5.32 Å². The SMILES string of the molecule is CCc1ccccc1NCc1ccc(C(=O)OC)cn1. The first kappa shape index (κ1) is 14.1. The van der Waals surface area contributed by atoms with E-state index in [0.29, 0.717) is 12.1 Å². The molecule has 4 nitrogen and oxygen atoms in total. The van der Waals surface area contributed by atoms with Crippen molar-refractivity contribution in [3.05, 3.63) is 59.4 Å². The molecule has 2 aromatic rings. The zero-order valence-electron chi connectivity index (χ0n) is 11.7. The van der Waals surface area contributed by atoms with Gasteiger partial charge in [0.2, 0.25) is 0 Å². The van der Waals surface area contributed by atoms with Gasteiger partial charge in [-0.05, 0) is 30.2 Å². The fourth-order valence-electron chi connectivity index (χ4n) is 1.95. The van der Waals surface area contributed by atoms with E-state index in [9.17, 15) is 4.79 Å². The molecule has 0 fully saturated rings. The molecule has 1 heterocycles. The summed E-state index contributed by atoms with van der Waals surface area (Å²) in [6.07, 6.45) is 2.52. The Morgan fingerprint density at radius 3 is 2.70 bits per heavy atom. The van der Waals surface area contributed by atoms with Crippen molar-refractivity contribution in [2.75, 3.05) is 12.4 Å². The number of anilines is 1. The van der Waals surface area contributed by atoms with E-state index in [1.165, 1.54) is 18.9 Å². The van der Waals surface area contributed by atoms with Crippen LogP contribution in [0.5, 0.6) is 0 Å². The number of pyridine rings is 1. The fourth-order valence-corrected chi connectivity index (χ4v) is 1.95. The molecule has 0 radical (unpaired) electrons. The highest BCUT2D eigenvalue weighted by atomic mass is 16.5. The van der Waals surface area contributed by atoms with Crippen molar-refractivity contribution in [2.24, 2.45) is 0 Å². The third kappa shape index (κ3) is 3.35. The van der Waals surface area contributed by atoms with Gasteiger partial charge in [-0.2, -0.15) is 0 Å². The lowest BCUT2D eigenvalue weighted by Crippen LogP contribution is -2.06. The molecular weight excluding hydrogens is 252 g/mol. The Kier molecular flexibility index (Phi) is 4.71. The largest absolute Gasteiger partial charge is 0.465 e. The highest BCUT2D eigenvalue weighted by molar-refractivity contribution is 5.88. The van der Waals surface area contributed by atoms with Crippen molar-refractivity contribution in [3.63, 3.8) is 0 Å². The van der Waals surface area contributed by atoms with E-state index in [4.69, 9.17) is 0 Å². The molecule has 0 atom stereocenters. The van der Waals surface area contributed by atoms with E-state index in [1.807, 2.05) is 18.2 Å². The number of aromatic nitrogens is 1. The Hall–Kier alpha value is -2.36. The van der Waals surface area contributed by atoms with Crippen LogP contribution in [0.4, 0.5) is 5.69 Å². The quantitative estimate of drug-likeness (QED) is 0.848. The van der Waals surface area contributed by atoms with Crippen molar-refractivity contribution < 1.29 is 9.53 Å². The maximum Gasteiger partial charge on any atom is 0.339 e. The normalized spacial score (nSPS) is 10.1. The lowest BCUT2D eigenvalue weighted by atomic mass is 10.1. The third-order valence-electron chi connectivity index (χ3n) is 3.10. The van der Waals surface area contributed by atoms with Crippen LogP contribution >= 0.6 is 0 Å². The number of nitrogens with one attached hydrogen (secondary N) is 1. The molecule has 2 rings (SSSR count). The number of rotatable bonds is 5. The third-order valence-corrected chi connectivity index (χ3v) is 3.10. The van der Waals surface area contributed by atoms with Crippen molar-refractivity contribution in [1.29, 1.82) is 0 Å². The number of nitrogens with zero attached hydrogens (tertiary/aromatic N) is 1. The van der Waals surface area contributed by atoms with Crippen LogP contribution in [-0.4, -0.2) is 18.1 Å². The summed E-state index contributed by atoms with van der Waals surface area (Å²) in [5, 5.41) is 3.36. The lowest BCUT2D eigenvalue weighted by molar-refractivity contribution is 0.0600. The molecule has 0 saturated carbocycles. The number of benzene rings is 1. The summed E-state index contributed by atoms with van der Waals surface area (Å²) in [4.78, 5) is 15.6. The number of carbonyl (C=O) groups excluding carboxylic acids is 1. The van der Waals surface area contributed by atoms with Gasteiger partial charge in [0.25, 0.3) is 0 Å². The lowest BCUT2D eigenvalue weighted by Gasteiger charge is -2.10. The second-order valence-corrected chi connectivity index (χ2v) is 4.39. The molecule has 104 valence electrons. The van der Waals surface area contributed by atoms with E-state index in [1.54, 1.807) is 6.07 Å². The van der Waals surface area contributed by atoms with Crippen LogP contribution in [0.2, 0.25) is 0 Å². The number of ether oxygens (including phenoxy) is 1. The van der Waals surface area contributed by atoms with Gasteiger partial charge < -0.3 is 10.1 Å². The molecule has 0 unspecified atom stereocenters. The maximum atomic E-state index is 11.3. The summed E-state index contributed by atoms with van der Waals surface area (Å²) in [5.41, 5.74) is 3.74. The minimum atomic E-state index is -0.367. The second kappa shape index (κ2) is 6.70. The predicted molar refractivity (Wildman–Crippen MR) is 78.7 cm³/mol. The fraction of sp³-hybridized carbons (Fsp3) is 0.250. The van der Waals surface area contributed by atoms with E-state index in [2.05, 4.69) is 34.1 Å².